The third-order valence-corrected chi connectivity index (χ3v) is 4.79. The van der Waals surface area contributed by atoms with Gasteiger partial charge < -0.3 is 14.2 Å². The Morgan fingerprint density at radius 3 is 2.32 bits per heavy atom. The lowest BCUT2D eigenvalue weighted by Gasteiger charge is -2.14. The van der Waals surface area contributed by atoms with Crippen LogP contribution in [-0.2, 0) is 9.53 Å². The van der Waals surface area contributed by atoms with Crippen LogP contribution in [0.5, 0.6) is 11.5 Å². The van der Waals surface area contributed by atoms with Crippen LogP contribution in [0.4, 0.5) is 0 Å². The highest BCUT2D eigenvalue weighted by Gasteiger charge is 2.15. The first-order valence-corrected chi connectivity index (χ1v) is 11.8. The van der Waals surface area contributed by atoms with Crippen LogP contribution in [0.3, 0.4) is 0 Å². The van der Waals surface area contributed by atoms with Gasteiger partial charge >= 0.3 is 5.97 Å². The number of hydrazine groups is 1. The molecule has 2 aromatic carbocycles. The summed E-state index contributed by atoms with van der Waals surface area (Å²) >= 11 is 8.39. The van der Waals surface area contributed by atoms with Crippen LogP contribution in [0, 0.1) is 0 Å². The van der Waals surface area contributed by atoms with Gasteiger partial charge in [0, 0.05) is 4.47 Å². The third kappa shape index (κ3) is 8.99. The van der Waals surface area contributed by atoms with Gasteiger partial charge in [-0.05, 0) is 67.5 Å². The van der Waals surface area contributed by atoms with E-state index < -0.39 is 17.8 Å². The van der Waals surface area contributed by atoms with E-state index in [0.29, 0.717) is 40.3 Å². The first-order valence-electron chi connectivity index (χ1n) is 10.6. The maximum Gasteiger partial charge on any atom is 0.338 e. The molecule has 0 heterocycles. The molecule has 9 nitrogen and oxygen atoms in total. The van der Waals surface area contributed by atoms with Crippen molar-refractivity contribution in [3.05, 3.63) is 58.1 Å². The molecular weight excluding hydrogens is 526 g/mol. The monoisotopic (exact) mass is 551 g/mol. The van der Waals surface area contributed by atoms with E-state index in [1.54, 1.807) is 42.5 Å². The molecule has 3 N–H and O–H groups in total. The summed E-state index contributed by atoms with van der Waals surface area (Å²) in [5.41, 5.74) is 5.47. The molecule has 0 saturated heterocycles. The van der Waals surface area contributed by atoms with E-state index in [9.17, 15) is 14.4 Å². The number of benzene rings is 2. The van der Waals surface area contributed by atoms with Gasteiger partial charge in [0.05, 0.1) is 24.3 Å². The summed E-state index contributed by atoms with van der Waals surface area (Å²) in [6.07, 6.45) is 1.53. The SMILES string of the molecule is CCCOC(=O)c1ccc(OCC(=O)NNC(=S)NC(=O)c2cc(Br)ccc2OCCC)cc1. The fraction of sp³-hybridized carbons (Fsp3) is 0.304. The summed E-state index contributed by atoms with van der Waals surface area (Å²) in [4.78, 5) is 36.4. The van der Waals surface area contributed by atoms with E-state index in [0.717, 1.165) is 12.8 Å². The molecule has 0 spiro atoms. The Bertz CT molecular complexity index is 1020. The number of esters is 1. The quantitative estimate of drug-likeness (QED) is 0.233. The van der Waals surface area contributed by atoms with E-state index in [1.165, 1.54) is 0 Å². The summed E-state index contributed by atoms with van der Waals surface area (Å²) in [7, 11) is 0. The molecule has 0 radical (unpaired) electrons. The van der Waals surface area contributed by atoms with Crippen molar-refractivity contribution in [3.63, 3.8) is 0 Å². The fourth-order valence-electron chi connectivity index (χ4n) is 2.50. The highest BCUT2D eigenvalue weighted by atomic mass is 79.9. The van der Waals surface area contributed by atoms with E-state index in [2.05, 4.69) is 32.1 Å². The molecule has 2 amide bonds. The molecule has 11 heteroatoms. The lowest BCUT2D eigenvalue weighted by Crippen LogP contribution is -2.49. The van der Waals surface area contributed by atoms with Crippen molar-refractivity contribution >= 4 is 51.0 Å². The average Bonchev–Trinajstić information content (AvgIpc) is 2.84. The summed E-state index contributed by atoms with van der Waals surface area (Å²) in [5, 5.41) is 2.38. The molecule has 0 aliphatic heterocycles. The first-order chi connectivity index (χ1) is 16.3. The van der Waals surface area contributed by atoms with Crippen molar-refractivity contribution in [2.75, 3.05) is 19.8 Å². The summed E-state index contributed by atoms with van der Waals surface area (Å²) in [6, 6.07) is 11.3. The molecule has 182 valence electrons. The largest absolute Gasteiger partial charge is 0.493 e. The summed E-state index contributed by atoms with van der Waals surface area (Å²) < 4.78 is 16.7. The van der Waals surface area contributed by atoms with Gasteiger partial charge in [-0.2, -0.15) is 0 Å². The molecule has 0 aromatic heterocycles. The third-order valence-electron chi connectivity index (χ3n) is 4.09. The minimum absolute atomic E-state index is 0.102. The van der Waals surface area contributed by atoms with Gasteiger partial charge in [0.2, 0.25) is 0 Å². The Labute approximate surface area is 211 Å². The smallest absolute Gasteiger partial charge is 0.338 e. The Kier molecular flexibility index (Phi) is 11.3. The number of rotatable bonds is 10. The first kappa shape index (κ1) is 27.1. The van der Waals surface area contributed by atoms with Gasteiger partial charge in [-0.25, -0.2) is 4.79 Å². The van der Waals surface area contributed by atoms with Crippen LogP contribution in [0.25, 0.3) is 0 Å². The number of halogens is 1. The topological polar surface area (TPSA) is 115 Å². The van der Waals surface area contributed by atoms with Gasteiger partial charge in [-0.3, -0.25) is 25.8 Å². The van der Waals surface area contributed by atoms with Gasteiger partial charge in [-0.1, -0.05) is 29.8 Å². The van der Waals surface area contributed by atoms with E-state index in [4.69, 9.17) is 26.4 Å². The molecule has 0 saturated carbocycles. The Morgan fingerprint density at radius 1 is 0.941 bits per heavy atom. The predicted octanol–water partition coefficient (Wildman–Crippen LogP) is 3.52. The van der Waals surface area contributed by atoms with Crippen molar-refractivity contribution in [2.24, 2.45) is 0 Å². The maximum atomic E-state index is 12.6. The molecule has 0 aliphatic rings. The van der Waals surface area contributed by atoms with Crippen molar-refractivity contribution in [3.8, 4) is 11.5 Å². The van der Waals surface area contributed by atoms with Crippen LogP contribution in [0.15, 0.2) is 46.9 Å². The van der Waals surface area contributed by atoms with Crippen molar-refractivity contribution in [1.29, 1.82) is 0 Å². The minimum Gasteiger partial charge on any atom is -0.493 e. The fourth-order valence-corrected chi connectivity index (χ4v) is 3.00. The molecule has 0 aliphatic carbocycles. The zero-order valence-corrected chi connectivity index (χ0v) is 21.2. The van der Waals surface area contributed by atoms with E-state index in [1.807, 2.05) is 13.8 Å². The van der Waals surface area contributed by atoms with Crippen LogP contribution in [0.2, 0.25) is 0 Å². The molecule has 2 rings (SSSR count). The predicted molar refractivity (Wildman–Crippen MR) is 134 cm³/mol. The van der Waals surface area contributed by atoms with Crippen molar-refractivity contribution in [2.45, 2.75) is 26.7 Å². The molecule has 2 aromatic rings. The highest BCUT2D eigenvalue weighted by molar-refractivity contribution is 9.10. The number of thiocarbonyl (C=S) groups is 1. The highest BCUT2D eigenvalue weighted by Crippen LogP contribution is 2.23. The number of ether oxygens (including phenoxy) is 3. The molecule has 0 fully saturated rings. The second-order valence-corrected chi connectivity index (χ2v) is 8.22. The van der Waals surface area contributed by atoms with Gasteiger partial charge in [0.1, 0.15) is 11.5 Å². The van der Waals surface area contributed by atoms with Crippen molar-refractivity contribution < 1.29 is 28.6 Å². The molecule has 0 bridgehead atoms. The number of carbonyl (C=O) groups is 3. The minimum atomic E-state index is -0.530. The van der Waals surface area contributed by atoms with Crippen LogP contribution in [-0.4, -0.2) is 42.7 Å². The normalized spacial score (nSPS) is 10.1. The van der Waals surface area contributed by atoms with Crippen molar-refractivity contribution in [1.82, 2.24) is 16.2 Å². The second-order valence-electron chi connectivity index (χ2n) is 6.89. The zero-order valence-electron chi connectivity index (χ0n) is 18.8. The van der Waals surface area contributed by atoms with Gasteiger partial charge in [0.25, 0.3) is 11.8 Å². The molecular formula is C23H26BrN3O6S. The van der Waals surface area contributed by atoms with E-state index in [-0.39, 0.29) is 11.7 Å². The molecule has 0 atom stereocenters. The summed E-state index contributed by atoms with van der Waals surface area (Å²) in [5.74, 6) is -0.622. The second kappa shape index (κ2) is 14.2. The lowest BCUT2D eigenvalue weighted by molar-refractivity contribution is -0.123. The van der Waals surface area contributed by atoms with E-state index >= 15 is 0 Å². The average molecular weight is 552 g/mol. The lowest BCUT2D eigenvalue weighted by atomic mass is 10.2. The molecule has 34 heavy (non-hydrogen) atoms. The van der Waals surface area contributed by atoms with Gasteiger partial charge in [0.15, 0.2) is 11.7 Å². The van der Waals surface area contributed by atoms with Crippen LogP contribution < -0.4 is 25.6 Å². The number of nitrogens with one attached hydrogen (secondary N) is 3. The standard InChI is InChI=1S/C23H26BrN3O6S/c1-3-11-31-19-10-7-16(24)13-18(19)21(29)25-23(34)27-26-20(28)14-33-17-8-5-15(6-9-17)22(30)32-12-4-2/h5-10,13H,3-4,11-12,14H2,1-2H3,(H,26,28)(H2,25,27,29,34). The Balaban J connectivity index is 1.79. The summed E-state index contributed by atoms with van der Waals surface area (Å²) in [6.45, 7) is 4.37. The van der Waals surface area contributed by atoms with Crippen LogP contribution >= 0.6 is 28.1 Å². The number of hydrogen-bond donors (Lipinski definition) is 3. The maximum absolute atomic E-state index is 12.6. The van der Waals surface area contributed by atoms with Gasteiger partial charge in [-0.15, -0.1) is 0 Å². The number of carbonyl (C=O) groups excluding carboxylic acids is 3. The number of amides is 2. The Morgan fingerprint density at radius 2 is 1.65 bits per heavy atom. The van der Waals surface area contributed by atoms with Crippen LogP contribution in [0.1, 0.15) is 47.4 Å². The Hall–Kier alpha value is -3.18. The zero-order chi connectivity index (χ0) is 24.9. The number of hydrogen-bond acceptors (Lipinski definition) is 7. The molecule has 0 unspecified atom stereocenters.